The monoisotopic (exact) mass is 373 g/mol. The van der Waals surface area contributed by atoms with Crippen molar-refractivity contribution in [3.8, 4) is 0 Å². The van der Waals surface area contributed by atoms with Crippen LogP contribution in [0, 0.1) is 6.92 Å². The Morgan fingerprint density at radius 2 is 2.00 bits per heavy atom. The van der Waals surface area contributed by atoms with Crippen LogP contribution in [0.4, 0.5) is 11.4 Å². The van der Waals surface area contributed by atoms with E-state index in [2.05, 4.69) is 37.6 Å². The van der Waals surface area contributed by atoms with Gasteiger partial charge in [-0.3, -0.25) is 4.79 Å². The molecule has 1 aromatic carbocycles. The zero-order valence-corrected chi connectivity index (χ0v) is 14.7. The molecule has 4 nitrogen and oxygen atoms in total. The van der Waals surface area contributed by atoms with Gasteiger partial charge in [-0.1, -0.05) is 28.8 Å². The van der Waals surface area contributed by atoms with E-state index in [1.54, 1.807) is 12.3 Å². The quantitative estimate of drug-likeness (QED) is 0.825. The van der Waals surface area contributed by atoms with Gasteiger partial charge in [0.1, 0.15) is 5.69 Å². The molecule has 0 saturated heterocycles. The van der Waals surface area contributed by atoms with Crippen LogP contribution >= 0.6 is 15.9 Å². The highest BCUT2D eigenvalue weighted by molar-refractivity contribution is 9.10. The summed E-state index contributed by atoms with van der Waals surface area (Å²) in [6.45, 7) is 2.05. The summed E-state index contributed by atoms with van der Waals surface area (Å²) >= 11 is 3.46. The molecule has 0 radical (unpaired) electrons. The SMILES string of the molecule is Cc1cc(Br)ccc1Nc1ccc(C(=O)NC2CCCC2)nc1. The van der Waals surface area contributed by atoms with Crippen LogP contribution in [0.2, 0.25) is 0 Å². The summed E-state index contributed by atoms with van der Waals surface area (Å²) in [7, 11) is 0. The normalized spacial score (nSPS) is 14.7. The van der Waals surface area contributed by atoms with Crippen LogP contribution in [0.3, 0.4) is 0 Å². The van der Waals surface area contributed by atoms with E-state index in [-0.39, 0.29) is 5.91 Å². The molecule has 5 heteroatoms. The van der Waals surface area contributed by atoms with Crippen LogP contribution in [0.5, 0.6) is 0 Å². The first kappa shape index (κ1) is 16.0. The summed E-state index contributed by atoms with van der Waals surface area (Å²) in [5.41, 5.74) is 3.50. The van der Waals surface area contributed by atoms with Crippen molar-refractivity contribution in [3.05, 3.63) is 52.3 Å². The second kappa shape index (κ2) is 7.13. The summed E-state index contributed by atoms with van der Waals surface area (Å²) < 4.78 is 1.05. The van der Waals surface area contributed by atoms with Crippen molar-refractivity contribution in [1.82, 2.24) is 10.3 Å². The predicted molar refractivity (Wildman–Crippen MR) is 96.1 cm³/mol. The van der Waals surface area contributed by atoms with Gasteiger partial charge in [0.05, 0.1) is 11.9 Å². The Morgan fingerprint density at radius 1 is 1.22 bits per heavy atom. The van der Waals surface area contributed by atoms with Crippen molar-refractivity contribution in [2.45, 2.75) is 38.6 Å². The molecule has 0 spiro atoms. The van der Waals surface area contributed by atoms with Gasteiger partial charge < -0.3 is 10.6 Å². The second-order valence-corrected chi connectivity index (χ2v) is 6.89. The third kappa shape index (κ3) is 4.10. The first-order valence-electron chi connectivity index (χ1n) is 7.92. The van der Waals surface area contributed by atoms with Crippen molar-refractivity contribution in [3.63, 3.8) is 0 Å². The first-order valence-corrected chi connectivity index (χ1v) is 8.71. The number of carbonyl (C=O) groups excluding carboxylic acids is 1. The molecule has 1 aromatic heterocycles. The largest absolute Gasteiger partial charge is 0.354 e. The highest BCUT2D eigenvalue weighted by atomic mass is 79.9. The lowest BCUT2D eigenvalue weighted by Gasteiger charge is -2.12. The van der Waals surface area contributed by atoms with Gasteiger partial charge in [0.15, 0.2) is 0 Å². The fourth-order valence-electron chi connectivity index (χ4n) is 2.85. The van der Waals surface area contributed by atoms with Gasteiger partial charge in [-0.2, -0.15) is 0 Å². The Bertz CT molecular complexity index is 694. The van der Waals surface area contributed by atoms with Gasteiger partial charge in [0.25, 0.3) is 5.91 Å². The van der Waals surface area contributed by atoms with E-state index in [0.29, 0.717) is 11.7 Å². The number of aromatic nitrogens is 1. The molecule has 2 N–H and O–H groups in total. The van der Waals surface area contributed by atoms with E-state index >= 15 is 0 Å². The number of anilines is 2. The lowest BCUT2D eigenvalue weighted by molar-refractivity contribution is 0.0933. The molecular weight excluding hydrogens is 354 g/mol. The van der Waals surface area contributed by atoms with Crippen molar-refractivity contribution in [2.75, 3.05) is 5.32 Å². The minimum absolute atomic E-state index is 0.0803. The molecule has 3 rings (SSSR count). The van der Waals surface area contributed by atoms with Crippen LogP contribution in [-0.2, 0) is 0 Å². The number of carbonyl (C=O) groups is 1. The number of rotatable bonds is 4. The molecule has 1 saturated carbocycles. The molecule has 0 unspecified atom stereocenters. The Hall–Kier alpha value is -1.88. The summed E-state index contributed by atoms with van der Waals surface area (Å²) in [4.78, 5) is 16.4. The average Bonchev–Trinajstić information content (AvgIpc) is 3.04. The van der Waals surface area contributed by atoms with Gasteiger partial charge in [0, 0.05) is 16.2 Å². The van der Waals surface area contributed by atoms with Crippen LogP contribution in [-0.4, -0.2) is 16.9 Å². The van der Waals surface area contributed by atoms with Gasteiger partial charge in [-0.05, 0) is 55.7 Å². The topological polar surface area (TPSA) is 54.0 Å². The molecule has 0 aliphatic heterocycles. The number of amides is 1. The van der Waals surface area contributed by atoms with Crippen molar-refractivity contribution >= 4 is 33.2 Å². The maximum atomic E-state index is 12.2. The van der Waals surface area contributed by atoms with E-state index in [4.69, 9.17) is 0 Å². The Kier molecular flexibility index (Phi) is 4.96. The molecule has 23 heavy (non-hydrogen) atoms. The number of halogens is 1. The van der Waals surface area contributed by atoms with Crippen LogP contribution < -0.4 is 10.6 Å². The first-order chi connectivity index (χ1) is 11.1. The molecule has 1 aliphatic carbocycles. The molecular formula is C18H20BrN3O. The maximum absolute atomic E-state index is 12.2. The lowest BCUT2D eigenvalue weighted by Crippen LogP contribution is -2.33. The van der Waals surface area contributed by atoms with Crippen LogP contribution in [0.1, 0.15) is 41.7 Å². The molecule has 1 heterocycles. The molecule has 1 amide bonds. The van der Waals surface area contributed by atoms with Crippen molar-refractivity contribution in [1.29, 1.82) is 0 Å². The Balaban J connectivity index is 1.65. The van der Waals surface area contributed by atoms with Gasteiger partial charge in [-0.25, -0.2) is 4.98 Å². The fourth-order valence-corrected chi connectivity index (χ4v) is 3.33. The maximum Gasteiger partial charge on any atom is 0.270 e. The van der Waals surface area contributed by atoms with E-state index in [1.165, 1.54) is 12.8 Å². The van der Waals surface area contributed by atoms with E-state index < -0.39 is 0 Å². The third-order valence-corrected chi connectivity index (χ3v) is 4.65. The number of nitrogens with zero attached hydrogens (tertiary/aromatic N) is 1. The zero-order valence-electron chi connectivity index (χ0n) is 13.1. The average molecular weight is 374 g/mol. The molecule has 0 atom stereocenters. The third-order valence-electron chi connectivity index (χ3n) is 4.15. The minimum atomic E-state index is -0.0803. The van der Waals surface area contributed by atoms with Crippen molar-refractivity contribution < 1.29 is 4.79 Å². The highest BCUT2D eigenvalue weighted by Crippen LogP contribution is 2.23. The molecule has 1 aliphatic rings. The zero-order chi connectivity index (χ0) is 16.2. The lowest BCUT2D eigenvalue weighted by atomic mass is 10.2. The predicted octanol–water partition coefficient (Wildman–Crippen LogP) is 4.57. The summed E-state index contributed by atoms with van der Waals surface area (Å²) in [5.74, 6) is -0.0803. The van der Waals surface area contributed by atoms with Gasteiger partial charge in [-0.15, -0.1) is 0 Å². The number of aryl methyl sites for hydroxylation is 1. The van der Waals surface area contributed by atoms with E-state index in [9.17, 15) is 4.79 Å². The van der Waals surface area contributed by atoms with Crippen molar-refractivity contribution in [2.24, 2.45) is 0 Å². The number of hydrogen-bond acceptors (Lipinski definition) is 3. The number of nitrogens with one attached hydrogen (secondary N) is 2. The fraction of sp³-hybridized carbons (Fsp3) is 0.333. The number of benzene rings is 1. The molecule has 1 fully saturated rings. The van der Waals surface area contributed by atoms with Gasteiger partial charge in [0.2, 0.25) is 0 Å². The summed E-state index contributed by atoms with van der Waals surface area (Å²) in [6.07, 6.45) is 6.26. The highest BCUT2D eigenvalue weighted by Gasteiger charge is 2.18. The van der Waals surface area contributed by atoms with E-state index in [0.717, 1.165) is 34.3 Å². The molecule has 120 valence electrons. The van der Waals surface area contributed by atoms with Crippen LogP contribution in [0.15, 0.2) is 41.0 Å². The Labute approximate surface area is 144 Å². The summed E-state index contributed by atoms with van der Waals surface area (Å²) in [6, 6.07) is 10.0. The smallest absolute Gasteiger partial charge is 0.270 e. The Morgan fingerprint density at radius 3 is 2.65 bits per heavy atom. The standard InChI is InChI=1S/C18H20BrN3O/c1-12-10-13(19)6-8-16(12)21-15-7-9-17(20-11-15)18(23)22-14-4-2-3-5-14/h6-11,14,21H,2-5H2,1H3,(H,22,23). The summed E-state index contributed by atoms with van der Waals surface area (Å²) in [5, 5.41) is 6.38. The minimum Gasteiger partial charge on any atom is -0.354 e. The second-order valence-electron chi connectivity index (χ2n) is 5.97. The molecule has 2 aromatic rings. The van der Waals surface area contributed by atoms with Crippen LogP contribution in [0.25, 0.3) is 0 Å². The number of hydrogen-bond donors (Lipinski definition) is 2. The van der Waals surface area contributed by atoms with Gasteiger partial charge >= 0.3 is 0 Å². The van der Waals surface area contributed by atoms with E-state index in [1.807, 2.05) is 25.1 Å². The molecule has 0 bridgehead atoms. The number of pyridine rings is 1.